The van der Waals surface area contributed by atoms with Crippen LogP contribution in [0.2, 0.25) is 0 Å². The van der Waals surface area contributed by atoms with Gasteiger partial charge in [0.05, 0.1) is 11.6 Å². The van der Waals surface area contributed by atoms with Crippen molar-refractivity contribution in [3.8, 4) is 0 Å². The Balaban J connectivity index is 2.08. The molecule has 0 bridgehead atoms. The molecule has 2 aromatic carbocycles. The zero-order valence-electron chi connectivity index (χ0n) is 12.3. The Bertz CT molecular complexity index is 760. The molecule has 3 nitrogen and oxygen atoms in total. The molecule has 0 fully saturated rings. The fraction of sp³-hybridized carbons (Fsp3) is 0.167. The summed E-state index contributed by atoms with van der Waals surface area (Å²) in [6.07, 6.45) is 1.81. The van der Waals surface area contributed by atoms with Crippen LogP contribution in [0, 0.1) is 0 Å². The Labute approximate surface area is 125 Å². The van der Waals surface area contributed by atoms with Crippen molar-refractivity contribution >= 4 is 16.6 Å². The predicted octanol–water partition coefficient (Wildman–Crippen LogP) is 3.35. The van der Waals surface area contributed by atoms with E-state index in [-0.39, 0.29) is 6.04 Å². The number of rotatable bonds is 3. The first-order chi connectivity index (χ1) is 10.2. The van der Waals surface area contributed by atoms with Crippen LogP contribution in [-0.4, -0.2) is 19.1 Å². The number of nitrogens with two attached hydrogens (primary N) is 1. The summed E-state index contributed by atoms with van der Waals surface area (Å²) in [7, 11) is 4.07. The largest absolute Gasteiger partial charge is 0.378 e. The van der Waals surface area contributed by atoms with Crippen molar-refractivity contribution in [1.29, 1.82) is 0 Å². The van der Waals surface area contributed by atoms with Crippen molar-refractivity contribution in [2.75, 3.05) is 19.0 Å². The van der Waals surface area contributed by atoms with Crippen LogP contribution in [0.3, 0.4) is 0 Å². The van der Waals surface area contributed by atoms with E-state index in [1.54, 1.807) is 0 Å². The summed E-state index contributed by atoms with van der Waals surface area (Å²) in [4.78, 5) is 6.48. The second-order valence-electron chi connectivity index (χ2n) is 5.38. The lowest BCUT2D eigenvalue weighted by atomic mass is 9.95. The number of hydrogen-bond donors (Lipinski definition) is 1. The highest BCUT2D eigenvalue weighted by Gasteiger charge is 2.13. The second kappa shape index (κ2) is 5.54. The van der Waals surface area contributed by atoms with Gasteiger partial charge in [-0.05, 0) is 35.4 Å². The van der Waals surface area contributed by atoms with Crippen molar-refractivity contribution in [1.82, 2.24) is 4.98 Å². The van der Waals surface area contributed by atoms with Gasteiger partial charge in [0.2, 0.25) is 0 Å². The lowest BCUT2D eigenvalue weighted by Crippen LogP contribution is -2.14. The van der Waals surface area contributed by atoms with Gasteiger partial charge in [-0.3, -0.25) is 4.98 Å². The number of pyridine rings is 1. The zero-order chi connectivity index (χ0) is 14.8. The predicted molar refractivity (Wildman–Crippen MR) is 88.5 cm³/mol. The van der Waals surface area contributed by atoms with Crippen molar-refractivity contribution in [3.05, 3.63) is 71.9 Å². The van der Waals surface area contributed by atoms with Crippen LogP contribution < -0.4 is 10.6 Å². The van der Waals surface area contributed by atoms with Gasteiger partial charge in [-0.25, -0.2) is 0 Å². The molecule has 0 radical (unpaired) electrons. The molecule has 1 aromatic heterocycles. The summed E-state index contributed by atoms with van der Waals surface area (Å²) in [6, 6.07) is 18.3. The van der Waals surface area contributed by atoms with E-state index in [1.807, 2.05) is 44.6 Å². The summed E-state index contributed by atoms with van der Waals surface area (Å²) >= 11 is 0. The Morgan fingerprint density at radius 1 is 1.00 bits per heavy atom. The molecule has 2 N–H and O–H groups in total. The maximum atomic E-state index is 6.51. The van der Waals surface area contributed by atoms with Gasteiger partial charge in [-0.15, -0.1) is 0 Å². The maximum Gasteiger partial charge on any atom is 0.0705 e. The normalized spacial score (nSPS) is 12.3. The number of anilines is 1. The Morgan fingerprint density at radius 3 is 2.62 bits per heavy atom. The molecule has 0 saturated carbocycles. The second-order valence-corrected chi connectivity index (χ2v) is 5.38. The number of hydrogen-bond acceptors (Lipinski definition) is 3. The van der Waals surface area contributed by atoms with E-state index in [4.69, 9.17) is 5.73 Å². The molecule has 1 atom stereocenters. The highest BCUT2D eigenvalue weighted by Crippen LogP contribution is 2.28. The van der Waals surface area contributed by atoms with E-state index in [0.29, 0.717) is 0 Å². The smallest absolute Gasteiger partial charge is 0.0705 e. The van der Waals surface area contributed by atoms with Gasteiger partial charge in [0.25, 0.3) is 0 Å². The Hall–Kier alpha value is -2.39. The third kappa shape index (κ3) is 2.60. The zero-order valence-corrected chi connectivity index (χ0v) is 12.3. The first kappa shape index (κ1) is 13.6. The van der Waals surface area contributed by atoms with Gasteiger partial charge in [0.1, 0.15) is 0 Å². The highest BCUT2D eigenvalue weighted by atomic mass is 15.1. The van der Waals surface area contributed by atoms with Gasteiger partial charge in [-0.1, -0.05) is 30.3 Å². The summed E-state index contributed by atoms with van der Waals surface area (Å²) in [5.41, 5.74) is 10.9. The van der Waals surface area contributed by atoms with E-state index in [2.05, 4.69) is 40.2 Å². The number of benzene rings is 2. The van der Waals surface area contributed by atoms with E-state index in [9.17, 15) is 0 Å². The molecule has 0 aliphatic rings. The van der Waals surface area contributed by atoms with Crippen LogP contribution >= 0.6 is 0 Å². The van der Waals surface area contributed by atoms with E-state index < -0.39 is 0 Å². The summed E-state index contributed by atoms with van der Waals surface area (Å²) in [5.74, 6) is 0. The summed E-state index contributed by atoms with van der Waals surface area (Å²) in [5, 5.41) is 1.11. The maximum absolute atomic E-state index is 6.51. The highest BCUT2D eigenvalue weighted by molar-refractivity contribution is 5.83. The van der Waals surface area contributed by atoms with Crippen molar-refractivity contribution in [3.63, 3.8) is 0 Å². The number of aromatic nitrogens is 1. The molecule has 21 heavy (non-hydrogen) atoms. The van der Waals surface area contributed by atoms with Crippen molar-refractivity contribution < 1.29 is 0 Å². The quantitative estimate of drug-likeness (QED) is 0.798. The fourth-order valence-electron chi connectivity index (χ4n) is 2.57. The van der Waals surface area contributed by atoms with E-state index in [0.717, 1.165) is 27.7 Å². The van der Waals surface area contributed by atoms with Gasteiger partial charge < -0.3 is 10.6 Å². The van der Waals surface area contributed by atoms with Crippen LogP contribution in [0.15, 0.2) is 60.8 Å². The van der Waals surface area contributed by atoms with Gasteiger partial charge in [-0.2, -0.15) is 0 Å². The van der Waals surface area contributed by atoms with Crippen LogP contribution in [0.25, 0.3) is 10.9 Å². The molecule has 0 saturated heterocycles. The molecular formula is C18H19N3. The topological polar surface area (TPSA) is 42.1 Å². The van der Waals surface area contributed by atoms with E-state index >= 15 is 0 Å². The van der Waals surface area contributed by atoms with Crippen LogP contribution in [0.1, 0.15) is 17.2 Å². The molecular weight excluding hydrogens is 258 g/mol. The minimum absolute atomic E-state index is 0.155. The summed E-state index contributed by atoms with van der Waals surface area (Å²) in [6.45, 7) is 0. The fourth-order valence-corrected chi connectivity index (χ4v) is 2.57. The number of fused-ring (bicyclic) bond motifs is 1. The molecule has 3 rings (SSSR count). The molecule has 0 aliphatic carbocycles. The molecule has 0 spiro atoms. The standard InChI is InChI=1S/C18H19N3/c1-21(2)14-7-3-6-13(12-14)18(19)16-8-4-10-17-15(16)9-5-11-20-17/h3-12,18H,19H2,1-2H3. The average Bonchev–Trinajstić information content (AvgIpc) is 2.53. The molecule has 0 aliphatic heterocycles. The third-order valence-electron chi connectivity index (χ3n) is 3.76. The van der Waals surface area contributed by atoms with Crippen molar-refractivity contribution in [2.45, 2.75) is 6.04 Å². The first-order valence-corrected chi connectivity index (χ1v) is 7.03. The van der Waals surface area contributed by atoms with Crippen LogP contribution in [-0.2, 0) is 0 Å². The minimum atomic E-state index is -0.155. The first-order valence-electron chi connectivity index (χ1n) is 7.03. The third-order valence-corrected chi connectivity index (χ3v) is 3.76. The lowest BCUT2D eigenvalue weighted by molar-refractivity contribution is 0.879. The Morgan fingerprint density at radius 2 is 1.81 bits per heavy atom. The van der Waals surface area contributed by atoms with Crippen LogP contribution in [0.4, 0.5) is 5.69 Å². The monoisotopic (exact) mass is 277 g/mol. The van der Waals surface area contributed by atoms with E-state index in [1.165, 1.54) is 0 Å². The molecule has 0 amide bonds. The molecule has 1 unspecified atom stereocenters. The van der Waals surface area contributed by atoms with Crippen molar-refractivity contribution in [2.24, 2.45) is 5.73 Å². The average molecular weight is 277 g/mol. The number of nitrogens with zero attached hydrogens (tertiary/aromatic N) is 2. The molecule has 106 valence electrons. The Kier molecular flexibility index (Phi) is 3.59. The van der Waals surface area contributed by atoms with Gasteiger partial charge in [0.15, 0.2) is 0 Å². The minimum Gasteiger partial charge on any atom is -0.378 e. The van der Waals surface area contributed by atoms with Crippen LogP contribution in [0.5, 0.6) is 0 Å². The SMILES string of the molecule is CN(C)c1cccc(C(N)c2cccc3ncccc23)c1. The molecule has 3 heteroatoms. The summed E-state index contributed by atoms with van der Waals surface area (Å²) < 4.78 is 0. The molecule has 1 heterocycles. The van der Waals surface area contributed by atoms with Gasteiger partial charge in [0, 0.05) is 31.4 Å². The molecule has 3 aromatic rings. The lowest BCUT2D eigenvalue weighted by Gasteiger charge is -2.18. The van der Waals surface area contributed by atoms with Gasteiger partial charge >= 0.3 is 0 Å².